The molecule has 1 aromatic rings. The van der Waals surface area contributed by atoms with Crippen LogP contribution in [0, 0.1) is 0 Å². The number of nitrogens with two attached hydrogens (primary N) is 1. The summed E-state index contributed by atoms with van der Waals surface area (Å²) < 4.78 is 0.692. The third-order valence-electron chi connectivity index (χ3n) is 3.56. The Morgan fingerprint density at radius 2 is 2.15 bits per heavy atom. The van der Waals surface area contributed by atoms with Gasteiger partial charge in [0.15, 0.2) is 0 Å². The van der Waals surface area contributed by atoms with Gasteiger partial charge < -0.3 is 16.0 Å². The summed E-state index contributed by atoms with van der Waals surface area (Å²) in [5, 5.41) is 2.63. The van der Waals surface area contributed by atoms with Gasteiger partial charge in [-0.3, -0.25) is 9.59 Å². The maximum absolute atomic E-state index is 12.6. The van der Waals surface area contributed by atoms with Gasteiger partial charge in [0.25, 0.3) is 5.91 Å². The molecular formula is C14H18BrN3O2. The lowest BCUT2D eigenvalue weighted by Gasteiger charge is -2.34. The number of nitrogens with zero attached hydrogens (tertiary/aromatic N) is 1. The smallest absolute Gasteiger partial charge is 0.254 e. The molecule has 0 aliphatic carbocycles. The van der Waals surface area contributed by atoms with Crippen molar-refractivity contribution in [3.05, 3.63) is 28.2 Å². The molecule has 1 aliphatic heterocycles. The van der Waals surface area contributed by atoms with Gasteiger partial charge in [-0.2, -0.15) is 0 Å². The van der Waals surface area contributed by atoms with Crippen LogP contribution in [0.15, 0.2) is 22.7 Å². The molecule has 1 atom stereocenters. The van der Waals surface area contributed by atoms with Crippen LogP contribution in [0.25, 0.3) is 0 Å². The first-order chi connectivity index (χ1) is 9.54. The fourth-order valence-corrected chi connectivity index (χ4v) is 2.82. The maximum Gasteiger partial charge on any atom is 0.254 e. The number of nitrogens with one attached hydrogen (secondary N) is 1. The SMILES string of the molecule is CNC(=O)C1CCCCN1C(=O)c1ccc(N)c(Br)c1. The van der Waals surface area contributed by atoms with Gasteiger partial charge in [0.1, 0.15) is 6.04 Å². The van der Waals surface area contributed by atoms with Crippen molar-refractivity contribution < 1.29 is 9.59 Å². The second-order valence-electron chi connectivity index (χ2n) is 4.86. The van der Waals surface area contributed by atoms with E-state index in [0.29, 0.717) is 28.7 Å². The monoisotopic (exact) mass is 339 g/mol. The van der Waals surface area contributed by atoms with Crippen molar-refractivity contribution in [1.82, 2.24) is 10.2 Å². The highest BCUT2D eigenvalue weighted by Gasteiger charge is 2.32. The number of amides is 2. The number of likely N-dealkylation sites (N-methyl/N-ethyl adjacent to an activating group) is 1. The highest BCUT2D eigenvalue weighted by Crippen LogP contribution is 2.24. The molecule has 0 radical (unpaired) electrons. The quantitative estimate of drug-likeness (QED) is 0.806. The van der Waals surface area contributed by atoms with Crippen molar-refractivity contribution >= 4 is 33.4 Å². The predicted octanol–water partition coefficient (Wildman–Crippen LogP) is 1.77. The third-order valence-corrected chi connectivity index (χ3v) is 4.25. The lowest BCUT2D eigenvalue weighted by molar-refractivity contribution is -0.126. The van der Waals surface area contributed by atoms with Gasteiger partial charge in [-0.1, -0.05) is 0 Å². The van der Waals surface area contributed by atoms with E-state index >= 15 is 0 Å². The van der Waals surface area contributed by atoms with Crippen LogP contribution in [0.2, 0.25) is 0 Å². The molecule has 1 aromatic carbocycles. The minimum absolute atomic E-state index is 0.104. The average Bonchev–Trinajstić information content (AvgIpc) is 2.48. The van der Waals surface area contributed by atoms with Crippen LogP contribution in [0.3, 0.4) is 0 Å². The molecular weight excluding hydrogens is 322 g/mol. The van der Waals surface area contributed by atoms with Crippen molar-refractivity contribution in [2.24, 2.45) is 0 Å². The minimum atomic E-state index is -0.377. The molecule has 1 saturated heterocycles. The number of nitrogen functional groups attached to an aromatic ring is 1. The summed E-state index contributed by atoms with van der Waals surface area (Å²) in [6.07, 6.45) is 2.60. The number of rotatable bonds is 2. The van der Waals surface area contributed by atoms with E-state index in [-0.39, 0.29) is 17.9 Å². The lowest BCUT2D eigenvalue weighted by Crippen LogP contribution is -2.51. The number of likely N-dealkylation sites (tertiary alicyclic amines) is 1. The zero-order chi connectivity index (χ0) is 14.7. The van der Waals surface area contributed by atoms with Crippen molar-refractivity contribution in [3.8, 4) is 0 Å². The lowest BCUT2D eigenvalue weighted by atomic mass is 10.00. The van der Waals surface area contributed by atoms with Crippen molar-refractivity contribution in [2.75, 3.05) is 19.3 Å². The van der Waals surface area contributed by atoms with E-state index in [4.69, 9.17) is 5.73 Å². The second kappa shape index (κ2) is 6.26. The van der Waals surface area contributed by atoms with E-state index in [1.807, 2.05) is 0 Å². The Kier molecular flexibility index (Phi) is 4.65. The molecule has 0 aromatic heterocycles. The van der Waals surface area contributed by atoms with Crippen LogP contribution in [0.5, 0.6) is 0 Å². The molecule has 1 heterocycles. The first-order valence-corrected chi connectivity index (χ1v) is 7.41. The van der Waals surface area contributed by atoms with Gasteiger partial charge in [0.05, 0.1) is 0 Å². The number of anilines is 1. The van der Waals surface area contributed by atoms with Gasteiger partial charge in [0, 0.05) is 29.3 Å². The summed E-state index contributed by atoms with van der Waals surface area (Å²) in [7, 11) is 1.60. The second-order valence-corrected chi connectivity index (χ2v) is 5.72. The Morgan fingerprint density at radius 1 is 1.40 bits per heavy atom. The number of piperidine rings is 1. The standard InChI is InChI=1S/C14H18BrN3O2/c1-17-13(19)12-4-2-3-7-18(12)14(20)9-5-6-11(16)10(15)8-9/h5-6,8,12H,2-4,7,16H2,1H3,(H,17,19). The summed E-state index contributed by atoms with van der Waals surface area (Å²) in [6, 6.07) is 4.71. The summed E-state index contributed by atoms with van der Waals surface area (Å²) >= 11 is 3.32. The van der Waals surface area contributed by atoms with E-state index in [9.17, 15) is 9.59 Å². The van der Waals surface area contributed by atoms with E-state index in [2.05, 4.69) is 21.2 Å². The van der Waals surface area contributed by atoms with Gasteiger partial charge >= 0.3 is 0 Å². The van der Waals surface area contributed by atoms with Crippen molar-refractivity contribution in [3.63, 3.8) is 0 Å². The molecule has 1 fully saturated rings. The fourth-order valence-electron chi connectivity index (χ4n) is 2.44. The molecule has 1 aliphatic rings. The molecule has 0 saturated carbocycles. The topological polar surface area (TPSA) is 75.4 Å². The molecule has 0 spiro atoms. The van der Waals surface area contributed by atoms with Crippen LogP contribution in [-0.2, 0) is 4.79 Å². The van der Waals surface area contributed by atoms with E-state index in [1.165, 1.54) is 0 Å². The van der Waals surface area contributed by atoms with E-state index in [1.54, 1.807) is 30.1 Å². The van der Waals surface area contributed by atoms with Crippen LogP contribution in [-0.4, -0.2) is 36.3 Å². The van der Waals surface area contributed by atoms with Crippen LogP contribution in [0.4, 0.5) is 5.69 Å². The van der Waals surface area contributed by atoms with E-state index < -0.39 is 0 Å². The largest absolute Gasteiger partial charge is 0.398 e. The maximum atomic E-state index is 12.6. The number of benzene rings is 1. The van der Waals surface area contributed by atoms with Crippen LogP contribution in [0.1, 0.15) is 29.6 Å². The summed E-state index contributed by atoms with van der Waals surface area (Å²) in [5.41, 5.74) is 6.86. The van der Waals surface area contributed by atoms with Gasteiger partial charge in [0.2, 0.25) is 5.91 Å². The number of hydrogen-bond donors (Lipinski definition) is 2. The van der Waals surface area contributed by atoms with Crippen LogP contribution < -0.4 is 11.1 Å². The van der Waals surface area contributed by atoms with Crippen LogP contribution >= 0.6 is 15.9 Å². The molecule has 0 bridgehead atoms. The summed E-state index contributed by atoms with van der Waals surface area (Å²) in [6.45, 7) is 0.610. The Labute approximate surface area is 126 Å². The van der Waals surface area contributed by atoms with Gasteiger partial charge in [-0.05, 0) is 53.4 Å². The zero-order valence-electron chi connectivity index (χ0n) is 11.4. The molecule has 2 rings (SSSR count). The van der Waals surface area contributed by atoms with Crippen molar-refractivity contribution in [1.29, 1.82) is 0 Å². The van der Waals surface area contributed by atoms with Gasteiger partial charge in [-0.25, -0.2) is 0 Å². The number of carbonyl (C=O) groups excluding carboxylic acids is 2. The normalized spacial score (nSPS) is 18.7. The Morgan fingerprint density at radius 3 is 2.80 bits per heavy atom. The number of carbonyl (C=O) groups is 2. The Bertz CT molecular complexity index is 533. The van der Waals surface area contributed by atoms with E-state index in [0.717, 1.165) is 12.8 Å². The molecule has 108 valence electrons. The highest BCUT2D eigenvalue weighted by atomic mass is 79.9. The van der Waals surface area contributed by atoms with Crippen molar-refractivity contribution in [2.45, 2.75) is 25.3 Å². The molecule has 5 nitrogen and oxygen atoms in total. The molecule has 1 unspecified atom stereocenters. The molecule has 20 heavy (non-hydrogen) atoms. The fraction of sp³-hybridized carbons (Fsp3) is 0.429. The Balaban J connectivity index is 2.25. The number of halogens is 1. The summed E-state index contributed by atoms with van der Waals surface area (Å²) in [4.78, 5) is 26.1. The molecule has 3 N–H and O–H groups in total. The predicted molar refractivity (Wildman–Crippen MR) is 81.3 cm³/mol. The third kappa shape index (κ3) is 2.95. The minimum Gasteiger partial charge on any atom is -0.398 e. The van der Waals surface area contributed by atoms with Gasteiger partial charge in [-0.15, -0.1) is 0 Å². The average molecular weight is 340 g/mol. The molecule has 2 amide bonds. The first-order valence-electron chi connectivity index (χ1n) is 6.62. The molecule has 6 heteroatoms. The Hall–Kier alpha value is -1.56. The first kappa shape index (κ1) is 14.8. The highest BCUT2D eigenvalue weighted by molar-refractivity contribution is 9.10. The zero-order valence-corrected chi connectivity index (χ0v) is 12.9. The summed E-state index contributed by atoms with van der Waals surface area (Å²) in [5.74, 6) is -0.230. The number of hydrogen-bond acceptors (Lipinski definition) is 3.